The van der Waals surface area contributed by atoms with E-state index in [1.54, 1.807) is 0 Å². The molecule has 17 heavy (non-hydrogen) atoms. The summed E-state index contributed by atoms with van der Waals surface area (Å²) in [4.78, 5) is 13.8. The van der Waals surface area contributed by atoms with E-state index >= 15 is 0 Å². The van der Waals surface area contributed by atoms with Crippen LogP contribution >= 0.6 is 0 Å². The average molecular weight is 241 g/mol. The van der Waals surface area contributed by atoms with Gasteiger partial charge in [0.2, 0.25) is 0 Å². The molecule has 0 bridgehead atoms. The second kappa shape index (κ2) is 4.16. The van der Waals surface area contributed by atoms with Gasteiger partial charge in [0.05, 0.1) is 0 Å². The maximum Gasteiger partial charge on any atom is 0.410 e. The monoisotopic (exact) mass is 241 g/mol. The van der Waals surface area contributed by atoms with Crippen LogP contribution < -0.4 is 0 Å². The van der Waals surface area contributed by atoms with Gasteiger partial charge in [-0.3, -0.25) is 0 Å². The van der Waals surface area contributed by atoms with Crippen LogP contribution in [0.15, 0.2) is 0 Å². The predicted octanol–water partition coefficient (Wildman–Crippen LogP) is 2.02. The van der Waals surface area contributed by atoms with E-state index in [1.165, 1.54) is 0 Å². The van der Waals surface area contributed by atoms with E-state index in [1.807, 2.05) is 25.7 Å². The number of rotatable bonds is 1. The average Bonchev–Trinajstić information content (AvgIpc) is 2.96. The molecule has 0 aromatic heterocycles. The van der Waals surface area contributed by atoms with Crippen LogP contribution in [0.2, 0.25) is 0 Å². The fraction of sp³-hybridized carbons (Fsp3) is 0.923. The second-order valence-corrected chi connectivity index (χ2v) is 6.43. The van der Waals surface area contributed by atoms with Gasteiger partial charge in [0, 0.05) is 19.7 Å². The van der Waals surface area contributed by atoms with E-state index in [-0.39, 0.29) is 18.1 Å². The van der Waals surface area contributed by atoms with E-state index < -0.39 is 5.60 Å². The van der Waals surface area contributed by atoms with Crippen LogP contribution in [0.3, 0.4) is 0 Å². The standard InChI is InChI=1S/C13H23NO3/c1-12(2,3)17-11(16)14-7-4-10(8-15)13(9-14)5-6-13/h10,15H,4-9H2,1-3H3/t10-/m0/s1. The summed E-state index contributed by atoms with van der Waals surface area (Å²) < 4.78 is 5.39. The first kappa shape index (κ1) is 12.7. The van der Waals surface area contributed by atoms with Gasteiger partial charge in [-0.1, -0.05) is 0 Å². The molecule has 4 nitrogen and oxygen atoms in total. The van der Waals surface area contributed by atoms with Gasteiger partial charge in [-0.05, 0) is 51.4 Å². The zero-order valence-electron chi connectivity index (χ0n) is 11.0. The summed E-state index contributed by atoms with van der Waals surface area (Å²) in [7, 11) is 0. The largest absolute Gasteiger partial charge is 0.444 e. The molecule has 2 rings (SSSR count). The summed E-state index contributed by atoms with van der Waals surface area (Å²) in [6.07, 6.45) is 2.96. The molecule has 1 saturated heterocycles. The van der Waals surface area contributed by atoms with E-state index in [9.17, 15) is 9.90 Å². The van der Waals surface area contributed by atoms with E-state index in [0.29, 0.717) is 12.5 Å². The SMILES string of the molecule is CC(C)(C)OC(=O)N1CC[C@@H](CO)C2(CC2)C1. The molecule has 98 valence electrons. The van der Waals surface area contributed by atoms with Gasteiger partial charge in [-0.15, -0.1) is 0 Å². The third kappa shape index (κ3) is 2.73. The van der Waals surface area contributed by atoms with Crippen molar-refractivity contribution in [2.45, 2.75) is 45.6 Å². The smallest absolute Gasteiger partial charge is 0.410 e. The Morgan fingerprint density at radius 2 is 2.12 bits per heavy atom. The van der Waals surface area contributed by atoms with Gasteiger partial charge in [0.15, 0.2) is 0 Å². The summed E-state index contributed by atoms with van der Waals surface area (Å²) in [5.41, 5.74) is -0.231. The van der Waals surface area contributed by atoms with Gasteiger partial charge in [0.25, 0.3) is 0 Å². The minimum atomic E-state index is -0.429. The minimum absolute atomic E-state index is 0.198. The number of amides is 1. The molecule has 2 fully saturated rings. The number of likely N-dealkylation sites (tertiary alicyclic amines) is 1. The van der Waals surface area contributed by atoms with Crippen LogP contribution in [-0.4, -0.2) is 41.4 Å². The second-order valence-electron chi connectivity index (χ2n) is 6.43. The molecule has 1 spiro atoms. The lowest BCUT2D eigenvalue weighted by Crippen LogP contribution is -2.47. The van der Waals surface area contributed by atoms with Crippen molar-refractivity contribution >= 4 is 6.09 Å². The molecule has 1 atom stereocenters. The van der Waals surface area contributed by atoms with Gasteiger partial charge in [-0.2, -0.15) is 0 Å². The Morgan fingerprint density at radius 3 is 2.59 bits per heavy atom. The number of nitrogens with zero attached hydrogens (tertiary/aromatic N) is 1. The summed E-state index contributed by atoms with van der Waals surface area (Å²) in [5, 5.41) is 9.34. The Morgan fingerprint density at radius 1 is 1.47 bits per heavy atom. The first-order valence-corrected chi connectivity index (χ1v) is 6.45. The van der Waals surface area contributed by atoms with Gasteiger partial charge in [0.1, 0.15) is 5.60 Å². The lowest BCUT2D eigenvalue weighted by Gasteiger charge is -2.38. The van der Waals surface area contributed by atoms with Crippen LogP contribution in [0.1, 0.15) is 40.0 Å². The highest BCUT2D eigenvalue weighted by atomic mass is 16.6. The Hall–Kier alpha value is -0.770. The number of carbonyl (C=O) groups excluding carboxylic acids is 1. The first-order valence-electron chi connectivity index (χ1n) is 6.45. The molecule has 1 saturated carbocycles. The molecule has 0 aromatic rings. The van der Waals surface area contributed by atoms with Crippen LogP contribution in [0, 0.1) is 11.3 Å². The third-order valence-electron chi connectivity index (χ3n) is 3.88. The highest BCUT2D eigenvalue weighted by Crippen LogP contribution is 2.55. The Balaban J connectivity index is 1.94. The quantitative estimate of drug-likeness (QED) is 0.764. The Labute approximate surface area is 103 Å². The fourth-order valence-corrected chi connectivity index (χ4v) is 2.70. The molecule has 1 aliphatic heterocycles. The number of aliphatic hydroxyl groups excluding tert-OH is 1. The lowest BCUT2D eigenvalue weighted by atomic mass is 9.83. The summed E-state index contributed by atoms with van der Waals surface area (Å²) in [6, 6.07) is 0. The molecule has 4 heteroatoms. The van der Waals surface area contributed by atoms with Crippen molar-refractivity contribution < 1.29 is 14.6 Å². The number of ether oxygens (including phenoxy) is 1. The van der Waals surface area contributed by atoms with Crippen LogP contribution in [-0.2, 0) is 4.74 Å². The van der Waals surface area contributed by atoms with Crippen molar-refractivity contribution in [3.05, 3.63) is 0 Å². The molecule has 2 aliphatic rings. The van der Waals surface area contributed by atoms with Crippen molar-refractivity contribution in [1.82, 2.24) is 4.90 Å². The third-order valence-corrected chi connectivity index (χ3v) is 3.88. The first-order chi connectivity index (χ1) is 7.86. The number of hydrogen-bond donors (Lipinski definition) is 1. The highest BCUT2D eigenvalue weighted by Gasteiger charge is 2.53. The lowest BCUT2D eigenvalue weighted by molar-refractivity contribution is 0.000531. The van der Waals surface area contributed by atoms with Gasteiger partial charge < -0.3 is 14.7 Å². The summed E-state index contributed by atoms with van der Waals surface area (Å²) >= 11 is 0. The zero-order valence-corrected chi connectivity index (χ0v) is 11.0. The van der Waals surface area contributed by atoms with E-state index in [4.69, 9.17) is 4.74 Å². The highest BCUT2D eigenvalue weighted by molar-refractivity contribution is 5.68. The molecule has 1 N–H and O–H groups in total. The predicted molar refractivity (Wildman–Crippen MR) is 64.7 cm³/mol. The summed E-state index contributed by atoms with van der Waals surface area (Å²) in [5.74, 6) is 0.376. The number of aliphatic hydroxyl groups is 1. The Kier molecular flexibility index (Phi) is 3.10. The van der Waals surface area contributed by atoms with Gasteiger partial charge in [-0.25, -0.2) is 4.79 Å². The zero-order chi connectivity index (χ0) is 12.7. The minimum Gasteiger partial charge on any atom is -0.444 e. The topological polar surface area (TPSA) is 49.8 Å². The maximum atomic E-state index is 12.0. The number of carbonyl (C=O) groups is 1. The van der Waals surface area contributed by atoms with Crippen molar-refractivity contribution in [3.8, 4) is 0 Å². The molecule has 0 radical (unpaired) electrons. The normalized spacial score (nSPS) is 27.1. The van der Waals surface area contributed by atoms with Crippen molar-refractivity contribution in [2.75, 3.05) is 19.7 Å². The van der Waals surface area contributed by atoms with Crippen LogP contribution in [0.4, 0.5) is 4.79 Å². The van der Waals surface area contributed by atoms with Crippen LogP contribution in [0.25, 0.3) is 0 Å². The van der Waals surface area contributed by atoms with Crippen molar-refractivity contribution in [3.63, 3.8) is 0 Å². The fourth-order valence-electron chi connectivity index (χ4n) is 2.70. The molecule has 0 unspecified atom stereocenters. The van der Waals surface area contributed by atoms with E-state index in [2.05, 4.69) is 0 Å². The summed E-state index contributed by atoms with van der Waals surface area (Å²) in [6.45, 7) is 7.38. The van der Waals surface area contributed by atoms with E-state index in [0.717, 1.165) is 25.8 Å². The molecule has 0 aromatic carbocycles. The number of hydrogen-bond acceptors (Lipinski definition) is 3. The van der Waals surface area contributed by atoms with Crippen molar-refractivity contribution in [1.29, 1.82) is 0 Å². The maximum absolute atomic E-state index is 12.0. The molecular formula is C13H23NO3. The molecular weight excluding hydrogens is 218 g/mol. The molecule has 1 amide bonds. The van der Waals surface area contributed by atoms with Gasteiger partial charge >= 0.3 is 6.09 Å². The Bertz CT molecular complexity index is 304. The number of piperidine rings is 1. The van der Waals surface area contributed by atoms with Crippen molar-refractivity contribution in [2.24, 2.45) is 11.3 Å². The molecule has 1 aliphatic carbocycles. The van der Waals surface area contributed by atoms with Crippen LogP contribution in [0.5, 0.6) is 0 Å². The molecule has 1 heterocycles.